The highest BCUT2D eigenvalue weighted by atomic mass is 35.5. The molecule has 216 valence electrons. The smallest absolute Gasteiger partial charge is 0.164 e. The van der Waals surface area contributed by atoms with Crippen molar-refractivity contribution in [2.75, 3.05) is 0 Å². The molecule has 5 nitrogen and oxygen atoms in total. The fourth-order valence-corrected chi connectivity index (χ4v) is 7.97. The van der Waals surface area contributed by atoms with Gasteiger partial charge in [0.05, 0.1) is 5.02 Å². The lowest BCUT2D eigenvalue weighted by Crippen LogP contribution is -2.01. The van der Waals surface area contributed by atoms with Crippen LogP contribution in [0.5, 0.6) is 0 Å². The number of hydrogen-bond acceptors (Lipinski definition) is 6. The minimum Gasteiger partial charge on any atom is -0.456 e. The topological polar surface area (TPSA) is 65.0 Å². The Morgan fingerprint density at radius 1 is 0.435 bits per heavy atom. The summed E-state index contributed by atoms with van der Waals surface area (Å²) in [7, 11) is 0. The third-order valence-electron chi connectivity index (χ3n) is 8.64. The van der Waals surface area contributed by atoms with Crippen LogP contribution in [-0.2, 0) is 0 Å². The summed E-state index contributed by atoms with van der Waals surface area (Å²) in [5.74, 6) is 1.69. The lowest BCUT2D eigenvalue weighted by Gasteiger charge is -2.11. The molecule has 10 rings (SSSR count). The minimum atomic E-state index is 0.536. The van der Waals surface area contributed by atoms with Gasteiger partial charge in [-0.2, -0.15) is 0 Å². The van der Waals surface area contributed by atoms with E-state index in [1.807, 2.05) is 66.7 Å². The molecule has 46 heavy (non-hydrogen) atoms. The molecule has 0 fully saturated rings. The lowest BCUT2D eigenvalue weighted by molar-refractivity contribution is 0.668. The van der Waals surface area contributed by atoms with Crippen LogP contribution in [0, 0.1) is 0 Å². The third-order valence-corrected chi connectivity index (χ3v) is 10.1. The van der Waals surface area contributed by atoms with E-state index in [4.69, 9.17) is 35.4 Å². The Labute approximate surface area is 270 Å². The Kier molecular flexibility index (Phi) is 5.44. The molecule has 0 N–H and O–H groups in total. The van der Waals surface area contributed by atoms with Crippen molar-refractivity contribution in [3.05, 3.63) is 126 Å². The maximum atomic E-state index is 6.70. The quantitative estimate of drug-likeness (QED) is 0.194. The van der Waals surface area contributed by atoms with Gasteiger partial charge in [-0.3, -0.25) is 0 Å². The number of benzene rings is 6. The highest BCUT2D eigenvalue weighted by Gasteiger charge is 2.22. The Morgan fingerprint density at radius 2 is 0.978 bits per heavy atom. The second kappa shape index (κ2) is 9.72. The summed E-state index contributed by atoms with van der Waals surface area (Å²) < 4.78 is 14.9. The third kappa shape index (κ3) is 3.71. The molecule has 0 bridgehead atoms. The number of fused-ring (bicyclic) bond motifs is 9. The van der Waals surface area contributed by atoms with Gasteiger partial charge in [0.25, 0.3) is 0 Å². The first kappa shape index (κ1) is 25.7. The average molecular weight is 630 g/mol. The monoisotopic (exact) mass is 629 g/mol. The van der Waals surface area contributed by atoms with Crippen molar-refractivity contribution in [2.24, 2.45) is 0 Å². The molecule has 0 saturated carbocycles. The summed E-state index contributed by atoms with van der Waals surface area (Å²) in [4.78, 5) is 15.6. The summed E-state index contributed by atoms with van der Waals surface area (Å²) in [6.45, 7) is 0. The van der Waals surface area contributed by atoms with Crippen LogP contribution < -0.4 is 0 Å². The van der Waals surface area contributed by atoms with Crippen molar-refractivity contribution >= 4 is 87.0 Å². The molecule has 0 aliphatic heterocycles. The summed E-state index contributed by atoms with van der Waals surface area (Å²) >= 11 is 8.47. The van der Waals surface area contributed by atoms with E-state index in [0.29, 0.717) is 28.1 Å². The second-order valence-corrected chi connectivity index (χ2v) is 12.7. The van der Waals surface area contributed by atoms with E-state index in [9.17, 15) is 0 Å². The minimum absolute atomic E-state index is 0.536. The Morgan fingerprint density at radius 3 is 1.74 bits per heavy atom. The lowest BCUT2D eigenvalue weighted by atomic mass is 10.0. The van der Waals surface area contributed by atoms with Gasteiger partial charge in [0, 0.05) is 58.4 Å². The molecule has 0 aliphatic carbocycles. The van der Waals surface area contributed by atoms with E-state index in [0.717, 1.165) is 60.4 Å². The zero-order valence-electron chi connectivity index (χ0n) is 24.0. The summed E-state index contributed by atoms with van der Waals surface area (Å²) in [5.41, 5.74) is 5.61. The van der Waals surface area contributed by atoms with Gasteiger partial charge in [-0.05, 0) is 42.5 Å². The van der Waals surface area contributed by atoms with Gasteiger partial charge in [-0.25, -0.2) is 15.0 Å². The van der Waals surface area contributed by atoms with Gasteiger partial charge in [0.2, 0.25) is 0 Å². The molecule has 0 atom stereocenters. The molecular formula is C39H20ClN3O2S. The predicted molar refractivity (Wildman–Crippen MR) is 189 cm³/mol. The molecule has 4 aromatic heterocycles. The van der Waals surface area contributed by atoms with Gasteiger partial charge >= 0.3 is 0 Å². The van der Waals surface area contributed by atoms with Crippen molar-refractivity contribution in [1.82, 2.24) is 15.0 Å². The number of furan rings is 2. The van der Waals surface area contributed by atoms with Crippen LogP contribution >= 0.6 is 22.9 Å². The van der Waals surface area contributed by atoms with E-state index in [2.05, 4.69) is 54.6 Å². The van der Waals surface area contributed by atoms with Crippen LogP contribution in [0.25, 0.3) is 98.2 Å². The molecule has 0 spiro atoms. The van der Waals surface area contributed by atoms with E-state index >= 15 is 0 Å². The number of hydrogen-bond donors (Lipinski definition) is 0. The van der Waals surface area contributed by atoms with Gasteiger partial charge in [-0.15, -0.1) is 11.3 Å². The van der Waals surface area contributed by atoms with Gasteiger partial charge in [0.1, 0.15) is 16.7 Å². The van der Waals surface area contributed by atoms with Crippen LogP contribution in [0.3, 0.4) is 0 Å². The zero-order valence-corrected chi connectivity index (χ0v) is 25.6. The Hall–Kier alpha value is -5.56. The van der Waals surface area contributed by atoms with Crippen LogP contribution in [-0.4, -0.2) is 15.0 Å². The Balaban J connectivity index is 1.33. The number of para-hydroxylation sites is 2. The average Bonchev–Trinajstić information content (AvgIpc) is 3.80. The van der Waals surface area contributed by atoms with E-state index in [1.165, 1.54) is 14.8 Å². The number of nitrogens with zero attached hydrogens (tertiary/aromatic N) is 3. The van der Waals surface area contributed by atoms with Crippen molar-refractivity contribution in [3.8, 4) is 34.2 Å². The highest BCUT2D eigenvalue weighted by molar-refractivity contribution is 7.25. The number of rotatable bonds is 3. The normalized spacial score (nSPS) is 12.0. The first-order valence-electron chi connectivity index (χ1n) is 14.9. The molecule has 0 saturated heterocycles. The molecular weight excluding hydrogens is 610 g/mol. The number of halogens is 1. The van der Waals surface area contributed by atoms with E-state index in [-0.39, 0.29) is 0 Å². The van der Waals surface area contributed by atoms with E-state index in [1.54, 1.807) is 11.3 Å². The standard InChI is InChI=1S/C39H20ClN3O2S/c40-27-20-19-26(35-22-10-2-5-15-29(22)45-36(27)35)39-42-37(24-12-7-16-30-33(24)21-9-1-4-14-28(21)44-30)41-38(43-39)25-13-8-18-32-34(25)23-11-3-6-17-31(23)46-32/h1-20H. The maximum absolute atomic E-state index is 6.70. The van der Waals surface area contributed by atoms with Gasteiger partial charge in [0.15, 0.2) is 23.1 Å². The second-order valence-electron chi connectivity index (χ2n) is 11.3. The molecule has 0 aliphatic rings. The summed E-state index contributed by atoms with van der Waals surface area (Å²) in [6, 6.07) is 40.7. The summed E-state index contributed by atoms with van der Waals surface area (Å²) in [6.07, 6.45) is 0. The molecule has 4 heterocycles. The van der Waals surface area contributed by atoms with Gasteiger partial charge in [-0.1, -0.05) is 90.5 Å². The Bertz CT molecular complexity index is 2720. The zero-order chi connectivity index (χ0) is 30.4. The number of aromatic nitrogens is 3. The molecule has 0 radical (unpaired) electrons. The SMILES string of the molecule is Clc1ccc(-c2nc(-c3cccc4oc5ccccc5c34)nc(-c3cccc4sc5ccccc5c34)n2)c2c1oc1ccccc12. The number of thiophene rings is 1. The highest BCUT2D eigenvalue weighted by Crippen LogP contribution is 2.43. The van der Waals surface area contributed by atoms with Crippen LogP contribution in [0.15, 0.2) is 130 Å². The largest absolute Gasteiger partial charge is 0.456 e. The fourth-order valence-electron chi connectivity index (χ4n) is 6.64. The predicted octanol–water partition coefficient (Wildman–Crippen LogP) is 11.7. The summed E-state index contributed by atoms with van der Waals surface area (Å²) in [5, 5.41) is 6.65. The van der Waals surface area contributed by atoms with E-state index < -0.39 is 0 Å². The first-order chi connectivity index (χ1) is 22.7. The van der Waals surface area contributed by atoms with Crippen molar-refractivity contribution in [2.45, 2.75) is 0 Å². The molecule has 0 unspecified atom stereocenters. The van der Waals surface area contributed by atoms with Crippen molar-refractivity contribution < 1.29 is 8.83 Å². The first-order valence-corrected chi connectivity index (χ1v) is 16.1. The molecule has 6 aromatic carbocycles. The van der Waals surface area contributed by atoms with Crippen LogP contribution in [0.1, 0.15) is 0 Å². The van der Waals surface area contributed by atoms with Crippen molar-refractivity contribution in [1.29, 1.82) is 0 Å². The van der Waals surface area contributed by atoms with Crippen LogP contribution in [0.2, 0.25) is 5.02 Å². The fraction of sp³-hybridized carbons (Fsp3) is 0. The molecule has 7 heteroatoms. The van der Waals surface area contributed by atoms with Crippen molar-refractivity contribution in [3.63, 3.8) is 0 Å². The molecule has 0 amide bonds. The van der Waals surface area contributed by atoms with Gasteiger partial charge < -0.3 is 8.83 Å². The van der Waals surface area contributed by atoms with Crippen LogP contribution in [0.4, 0.5) is 0 Å². The molecule has 10 aromatic rings. The maximum Gasteiger partial charge on any atom is 0.164 e.